The van der Waals surface area contributed by atoms with Crippen LogP contribution in [0.3, 0.4) is 0 Å². The Morgan fingerprint density at radius 1 is 1.20 bits per heavy atom. The molecule has 3 aromatic rings. The number of hydrogen-bond donors (Lipinski definition) is 2. The predicted molar refractivity (Wildman–Crippen MR) is 102 cm³/mol. The van der Waals surface area contributed by atoms with E-state index in [1.54, 1.807) is 18.0 Å². The molecule has 3 heterocycles. The monoisotopic (exact) mass is 420 g/mol. The largest absolute Gasteiger partial charge is 0.507 e. The first-order chi connectivity index (χ1) is 14.1. The van der Waals surface area contributed by atoms with Gasteiger partial charge in [-0.2, -0.15) is 13.2 Å². The van der Waals surface area contributed by atoms with Crippen molar-refractivity contribution in [2.45, 2.75) is 32.0 Å². The molecular weight excluding hydrogens is 401 g/mol. The number of likely N-dealkylation sites (N-methyl/N-ethyl adjacent to an activating group) is 1. The number of fused-ring (bicyclic) bond motifs is 1. The summed E-state index contributed by atoms with van der Waals surface area (Å²) < 4.78 is 40.3. The highest BCUT2D eigenvalue weighted by Gasteiger charge is 2.32. The third-order valence-electron chi connectivity index (χ3n) is 5.38. The van der Waals surface area contributed by atoms with Crippen LogP contribution in [0.4, 0.5) is 13.2 Å². The number of carbonyl (C=O) groups excluding carboxylic acids is 1. The number of amides is 1. The van der Waals surface area contributed by atoms with E-state index < -0.39 is 17.5 Å². The number of piperidine rings is 1. The minimum Gasteiger partial charge on any atom is -0.507 e. The maximum Gasteiger partial charge on any atom is 0.416 e. The van der Waals surface area contributed by atoms with Gasteiger partial charge >= 0.3 is 6.18 Å². The molecule has 4 rings (SSSR count). The molecule has 1 aliphatic heterocycles. The quantitative estimate of drug-likeness (QED) is 0.661. The Kier molecular flexibility index (Phi) is 4.59. The molecule has 0 aliphatic carbocycles. The first kappa shape index (κ1) is 20.0. The molecule has 0 spiro atoms. The average Bonchev–Trinajstić information content (AvgIpc) is 2.99. The number of phenols is 1. The van der Waals surface area contributed by atoms with E-state index in [-0.39, 0.29) is 40.3 Å². The Bertz CT molecular complexity index is 1130. The van der Waals surface area contributed by atoms with Gasteiger partial charge in [0.2, 0.25) is 11.8 Å². The number of benzene rings is 1. The summed E-state index contributed by atoms with van der Waals surface area (Å²) in [6.07, 6.45) is -3.71. The van der Waals surface area contributed by atoms with E-state index in [0.29, 0.717) is 30.8 Å². The average molecular weight is 420 g/mol. The van der Waals surface area contributed by atoms with Crippen molar-refractivity contribution in [3.63, 3.8) is 0 Å². The molecule has 1 amide bonds. The number of likely N-dealkylation sites (tertiary alicyclic amines) is 1. The molecule has 0 radical (unpaired) electrons. The number of halogens is 3. The minimum absolute atomic E-state index is 0.0242. The number of hydrogen-bond acceptors (Lipinski definition) is 5. The zero-order chi connectivity index (χ0) is 21.8. The van der Waals surface area contributed by atoms with E-state index in [9.17, 15) is 28.2 Å². The highest BCUT2D eigenvalue weighted by Crippen LogP contribution is 2.39. The zero-order valence-electron chi connectivity index (χ0n) is 16.2. The highest BCUT2D eigenvalue weighted by molar-refractivity contribution is 5.85. The van der Waals surface area contributed by atoms with Crippen LogP contribution in [0.2, 0.25) is 0 Å². The number of nitrogens with zero attached hydrogens (tertiary/aromatic N) is 4. The molecule has 158 valence electrons. The summed E-state index contributed by atoms with van der Waals surface area (Å²) in [7, 11) is 1.68. The normalized spacial score (nSPS) is 17.7. The summed E-state index contributed by atoms with van der Waals surface area (Å²) in [5.74, 6) is -0.605. The molecule has 1 atom stereocenters. The van der Waals surface area contributed by atoms with E-state index in [0.717, 1.165) is 6.07 Å². The Morgan fingerprint density at radius 3 is 2.57 bits per heavy atom. The van der Waals surface area contributed by atoms with Crippen molar-refractivity contribution in [2.75, 3.05) is 13.6 Å². The molecule has 10 heteroatoms. The maximum absolute atomic E-state index is 13.0. The summed E-state index contributed by atoms with van der Waals surface area (Å²) in [6.45, 7) is 1.85. The summed E-state index contributed by atoms with van der Waals surface area (Å²) in [5, 5.41) is 25.5. The zero-order valence-corrected chi connectivity index (χ0v) is 16.2. The molecule has 1 fully saturated rings. The molecule has 1 unspecified atom stereocenters. The highest BCUT2D eigenvalue weighted by atomic mass is 19.4. The second-order valence-corrected chi connectivity index (χ2v) is 7.49. The van der Waals surface area contributed by atoms with Gasteiger partial charge in [0.15, 0.2) is 5.65 Å². The number of carbonyl (C=O) groups is 1. The van der Waals surface area contributed by atoms with Crippen LogP contribution in [0.5, 0.6) is 11.6 Å². The number of alkyl halides is 3. The van der Waals surface area contributed by atoms with Gasteiger partial charge in [0.1, 0.15) is 5.75 Å². The first-order valence-electron chi connectivity index (χ1n) is 9.29. The van der Waals surface area contributed by atoms with Crippen molar-refractivity contribution < 1.29 is 28.2 Å². The van der Waals surface area contributed by atoms with E-state index in [1.807, 2.05) is 0 Å². The fourth-order valence-electron chi connectivity index (χ4n) is 3.82. The van der Waals surface area contributed by atoms with Gasteiger partial charge in [-0.05, 0) is 43.2 Å². The number of phenolic OH excluding ortho intramolecular Hbond substituents is 1. The van der Waals surface area contributed by atoms with Gasteiger partial charge < -0.3 is 15.1 Å². The number of aryl methyl sites for hydroxylation is 1. The lowest BCUT2D eigenvalue weighted by molar-refractivity contribution is -0.137. The second kappa shape index (κ2) is 6.89. The smallest absolute Gasteiger partial charge is 0.416 e. The molecule has 1 aliphatic rings. The third-order valence-corrected chi connectivity index (χ3v) is 5.38. The lowest BCUT2D eigenvalue weighted by Crippen LogP contribution is -2.38. The van der Waals surface area contributed by atoms with Gasteiger partial charge in [0, 0.05) is 25.6 Å². The molecule has 7 nitrogen and oxygen atoms in total. The Hall–Kier alpha value is -3.30. The molecule has 0 bridgehead atoms. The Morgan fingerprint density at radius 2 is 1.93 bits per heavy atom. The SMILES string of the molecule is Cc1cc(C(F)(F)F)cc(O)c1-c1ccc2c(O)n(C3CCC(=O)N(C)C3)nc2n1. The lowest BCUT2D eigenvalue weighted by atomic mass is 10.00. The summed E-state index contributed by atoms with van der Waals surface area (Å²) >= 11 is 0. The molecule has 0 saturated carbocycles. The predicted octanol–water partition coefficient (Wildman–Crippen LogP) is 3.63. The third kappa shape index (κ3) is 3.31. The molecular formula is C20H19F3N4O3. The number of aromatic hydroxyl groups is 2. The fraction of sp³-hybridized carbons (Fsp3) is 0.350. The van der Waals surface area contributed by atoms with Crippen LogP contribution < -0.4 is 0 Å². The Balaban J connectivity index is 1.76. The maximum atomic E-state index is 13.0. The van der Waals surface area contributed by atoms with Crippen LogP contribution in [0.1, 0.15) is 30.0 Å². The number of aromatic nitrogens is 3. The topological polar surface area (TPSA) is 91.5 Å². The van der Waals surface area contributed by atoms with E-state index in [1.165, 1.54) is 17.7 Å². The van der Waals surface area contributed by atoms with Crippen LogP contribution in [0, 0.1) is 6.92 Å². The molecule has 1 saturated heterocycles. The van der Waals surface area contributed by atoms with Crippen molar-refractivity contribution >= 4 is 16.9 Å². The van der Waals surface area contributed by atoms with Gasteiger partial charge in [0.05, 0.1) is 22.7 Å². The van der Waals surface area contributed by atoms with Crippen LogP contribution in [0.25, 0.3) is 22.3 Å². The van der Waals surface area contributed by atoms with E-state index >= 15 is 0 Å². The lowest BCUT2D eigenvalue weighted by Gasteiger charge is -2.29. The van der Waals surface area contributed by atoms with E-state index in [2.05, 4.69) is 10.1 Å². The van der Waals surface area contributed by atoms with Crippen molar-refractivity contribution in [3.05, 3.63) is 35.4 Å². The van der Waals surface area contributed by atoms with Crippen LogP contribution in [-0.4, -0.2) is 49.4 Å². The van der Waals surface area contributed by atoms with Crippen molar-refractivity contribution in [1.82, 2.24) is 19.7 Å². The van der Waals surface area contributed by atoms with Gasteiger partial charge in [0.25, 0.3) is 0 Å². The number of rotatable bonds is 2. The van der Waals surface area contributed by atoms with Gasteiger partial charge in [-0.1, -0.05) is 0 Å². The molecule has 30 heavy (non-hydrogen) atoms. The molecule has 2 aromatic heterocycles. The molecule has 1 aromatic carbocycles. The van der Waals surface area contributed by atoms with Crippen LogP contribution in [0.15, 0.2) is 24.3 Å². The summed E-state index contributed by atoms with van der Waals surface area (Å²) in [5.41, 5.74) is -0.123. The van der Waals surface area contributed by atoms with Crippen LogP contribution >= 0.6 is 0 Å². The minimum atomic E-state index is -4.57. The summed E-state index contributed by atoms with van der Waals surface area (Å²) in [6, 6.07) is 4.47. The van der Waals surface area contributed by atoms with Gasteiger partial charge in [-0.15, -0.1) is 5.10 Å². The standard InChI is InChI=1S/C20H19F3N4O3/c1-10-7-11(20(21,22)23)8-15(28)17(10)14-5-4-13-18(24-14)25-27(19(13)30)12-3-6-16(29)26(2)9-12/h4-5,7-8,12,28,30H,3,6,9H2,1-2H3. The van der Waals surface area contributed by atoms with Crippen molar-refractivity contribution in [2.24, 2.45) is 0 Å². The van der Waals surface area contributed by atoms with Gasteiger partial charge in [-0.3, -0.25) is 4.79 Å². The van der Waals surface area contributed by atoms with Crippen molar-refractivity contribution in [1.29, 1.82) is 0 Å². The van der Waals surface area contributed by atoms with Crippen LogP contribution in [-0.2, 0) is 11.0 Å². The number of pyridine rings is 1. The second-order valence-electron chi connectivity index (χ2n) is 7.49. The summed E-state index contributed by atoms with van der Waals surface area (Å²) in [4.78, 5) is 17.6. The van der Waals surface area contributed by atoms with Gasteiger partial charge in [-0.25, -0.2) is 9.67 Å². The first-order valence-corrected chi connectivity index (χ1v) is 9.29. The van der Waals surface area contributed by atoms with Crippen molar-refractivity contribution in [3.8, 4) is 22.9 Å². The van der Waals surface area contributed by atoms with E-state index in [4.69, 9.17) is 0 Å². The fourth-order valence-corrected chi connectivity index (χ4v) is 3.82. The molecule has 2 N–H and O–H groups in total. The Labute approximate surface area is 169 Å².